The van der Waals surface area contributed by atoms with Gasteiger partial charge in [-0.2, -0.15) is 0 Å². The fourth-order valence-electron chi connectivity index (χ4n) is 3.77. The molecule has 0 unspecified atom stereocenters. The summed E-state index contributed by atoms with van der Waals surface area (Å²) >= 11 is 0. The number of H-pyrrole nitrogens is 1. The maximum Gasteiger partial charge on any atom is 0.331 e. The summed E-state index contributed by atoms with van der Waals surface area (Å²) < 4.78 is 34.7. The van der Waals surface area contributed by atoms with Crippen LogP contribution >= 0.6 is 0 Å². The Morgan fingerprint density at radius 3 is 2.53 bits per heavy atom. The highest BCUT2D eigenvalue weighted by atomic mass is 32.2. The van der Waals surface area contributed by atoms with Gasteiger partial charge in [0.25, 0.3) is 15.6 Å². The number of rotatable bonds is 9. The molecule has 0 aliphatic heterocycles. The second-order valence-electron chi connectivity index (χ2n) is 8.45. The number of sulfonamides is 1. The summed E-state index contributed by atoms with van der Waals surface area (Å²) in [5.41, 5.74) is 0.707. The molecule has 4 rings (SSSR count). The lowest BCUT2D eigenvalue weighted by molar-refractivity contribution is 0.399. The molecule has 11 heteroatoms. The summed E-state index contributed by atoms with van der Waals surface area (Å²) in [5.74, 6) is -0.402. The van der Waals surface area contributed by atoms with E-state index in [4.69, 9.17) is 4.74 Å². The van der Waals surface area contributed by atoms with Crippen molar-refractivity contribution in [1.29, 1.82) is 0 Å². The summed E-state index contributed by atoms with van der Waals surface area (Å²) in [7, 11) is -2.56. The quantitative estimate of drug-likeness (QED) is 0.281. The second kappa shape index (κ2) is 11.2. The molecule has 0 saturated heterocycles. The minimum atomic E-state index is -3.91. The number of benzene rings is 3. The van der Waals surface area contributed by atoms with E-state index in [1.54, 1.807) is 18.2 Å². The fraction of sp³-hybridized carbons (Fsp3) is 0.148. The van der Waals surface area contributed by atoms with Crippen LogP contribution in [0, 0.1) is 6.92 Å². The molecule has 0 aliphatic rings. The summed E-state index contributed by atoms with van der Waals surface area (Å²) in [5, 5.41) is 10.7. The molecule has 0 atom stereocenters. The van der Waals surface area contributed by atoms with Crippen molar-refractivity contribution in [1.82, 2.24) is 9.55 Å². The predicted molar refractivity (Wildman–Crippen MR) is 145 cm³/mol. The van der Waals surface area contributed by atoms with E-state index in [0.29, 0.717) is 12.1 Å². The third kappa shape index (κ3) is 6.01. The Morgan fingerprint density at radius 2 is 1.82 bits per heavy atom. The van der Waals surface area contributed by atoms with Gasteiger partial charge in [0, 0.05) is 24.5 Å². The zero-order valence-electron chi connectivity index (χ0n) is 20.7. The van der Waals surface area contributed by atoms with Gasteiger partial charge in [0.05, 0.1) is 12.0 Å². The number of nitrogens with one attached hydrogen (secondary N) is 2. The first-order valence-corrected chi connectivity index (χ1v) is 13.1. The Balaban J connectivity index is 1.61. The van der Waals surface area contributed by atoms with Gasteiger partial charge < -0.3 is 9.84 Å². The van der Waals surface area contributed by atoms with Crippen molar-refractivity contribution in [2.45, 2.75) is 24.8 Å². The highest BCUT2D eigenvalue weighted by molar-refractivity contribution is 7.92. The normalized spacial score (nSPS) is 11.5. The lowest BCUT2D eigenvalue weighted by Crippen LogP contribution is -2.32. The number of hydrogen-bond acceptors (Lipinski definition) is 7. The van der Waals surface area contributed by atoms with Crippen molar-refractivity contribution in [2.24, 2.45) is 4.99 Å². The van der Waals surface area contributed by atoms with Crippen LogP contribution in [0.3, 0.4) is 0 Å². The van der Waals surface area contributed by atoms with E-state index in [1.165, 1.54) is 25.3 Å². The van der Waals surface area contributed by atoms with Gasteiger partial charge >= 0.3 is 5.69 Å². The van der Waals surface area contributed by atoms with Gasteiger partial charge in [-0.1, -0.05) is 42.5 Å². The minimum absolute atomic E-state index is 0.0510. The summed E-state index contributed by atoms with van der Waals surface area (Å²) in [6.07, 6.45) is 1.56. The topological polar surface area (TPSA) is 143 Å². The molecule has 0 bridgehead atoms. The van der Waals surface area contributed by atoms with Crippen molar-refractivity contribution in [2.75, 3.05) is 11.8 Å². The van der Waals surface area contributed by atoms with Crippen LogP contribution in [0.25, 0.3) is 0 Å². The molecule has 0 spiro atoms. The first-order chi connectivity index (χ1) is 18.2. The third-order valence-corrected chi connectivity index (χ3v) is 7.12. The van der Waals surface area contributed by atoms with Crippen molar-refractivity contribution < 1.29 is 18.3 Å². The second-order valence-corrected chi connectivity index (χ2v) is 10.1. The monoisotopic (exact) mass is 534 g/mol. The number of anilines is 1. The Bertz CT molecular complexity index is 1710. The number of aliphatic imine (C=N–C) groups is 1. The van der Waals surface area contributed by atoms with Crippen LogP contribution in [0.4, 0.5) is 11.4 Å². The van der Waals surface area contributed by atoms with E-state index < -0.39 is 27.2 Å². The molecule has 0 amide bonds. The molecular weight excluding hydrogens is 508 g/mol. The third-order valence-electron chi connectivity index (χ3n) is 5.74. The largest absolute Gasteiger partial charge is 0.494 e. The van der Waals surface area contributed by atoms with Crippen molar-refractivity contribution in [3.63, 3.8) is 0 Å². The van der Waals surface area contributed by atoms with Crippen LogP contribution in [-0.2, 0) is 23.0 Å². The van der Waals surface area contributed by atoms with Crippen LogP contribution in [-0.4, -0.2) is 36.4 Å². The van der Waals surface area contributed by atoms with Crippen molar-refractivity contribution in [3.8, 4) is 11.6 Å². The van der Waals surface area contributed by atoms with E-state index in [9.17, 15) is 23.1 Å². The van der Waals surface area contributed by atoms with Gasteiger partial charge in [-0.3, -0.25) is 24.1 Å². The maximum atomic E-state index is 12.9. The Kier molecular flexibility index (Phi) is 7.77. The number of aromatic amines is 1. The lowest BCUT2D eigenvalue weighted by atomic mass is 10.1. The van der Waals surface area contributed by atoms with E-state index >= 15 is 0 Å². The molecule has 0 fully saturated rings. The van der Waals surface area contributed by atoms with Crippen LogP contribution < -0.4 is 20.7 Å². The van der Waals surface area contributed by atoms with Crippen LogP contribution in [0.15, 0.2) is 92.3 Å². The molecule has 1 aromatic heterocycles. The highest BCUT2D eigenvalue weighted by Gasteiger charge is 2.18. The summed E-state index contributed by atoms with van der Waals surface area (Å²) in [6, 6.07) is 20.4. The number of aryl methyl sites for hydroxylation is 2. The smallest absolute Gasteiger partial charge is 0.331 e. The number of hydrogen-bond donors (Lipinski definition) is 3. The standard InChI is InChI=1S/C27H26N4O6S/c1-18-7-6-10-20(15-18)30-38(35,36)21-11-12-23(24(16-21)37-2)28-17-22-25(32)29-27(34)31(26(22)33)14-13-19-8-4-3-5-9-19/h3-12,15-17,30,33H,13-14H2,1-2H3,(H,29,32,34). The Labute approximate surface area is 219 Å². The number of methoxy groups -OCH3 is 1. The molecule has 10 nitrogen and oxygen atoms in total. The first kappa shape index (κ1) is 26.4. The molecular formula is C27H26N4O6S. The lowest BCUT2D eigenvalue weighted by Gasteiger charge is -2.11. The van der Waals surface area contributed by atoms with E-state index in [1.807, 2.05) is 43.3 Å². The number of aromatic nitrogens is 2. The zero-order valence-corrected chi connectivity index (χ0v) is 21.5. The van der Waals surface area contributed by atoms with E-state index in [2.05, 4.69) is 14.7 Å². The van der Waals surface area contributed by atoms with Gasteiger partial charge in [0.15, 0.2) is 0 Å². The molecule has 1 heterocycles. The Morgan fingerprint density at radius 1 is 1.05 bits per heavy atom. The molecule has 0 aliphatic carbocycles. The number of aromatic hydroxyl groups is 1. The van der Waals surface area contributed by atoms with Gasteiger partial charge in [-0.05, 0) is 48.7 Å². The molecule has 3 aromatic carbocycles. The van der Waals surface area contributed by atoms with Crippen LogP contribution in [0.5, 0.6) is 11.6 Å². The van der Waals surface area contributed by atoms with Crippen LogP contribution in [0.1, 0.15) is 16.7 Å². The van der Waals surface area contributed by atoms with E-state index in [-0.39, 0.29) is 28.4 Å². The molecule has 4 aromatic rings. The Hall–Kier alpha value is -4.64. The van der Waals surface area contributed by atoms with Gasteiger partial charge in [0.1, 0.15) is 17.0 Å². The number of ether oxygens (including phenoxy) is 1. The van der Waals surface area contributed by atoms with Gasteiger partial charge in [0.2, 0.25) is 5.88 Å². The molecule has 3 N–H and O–H groups in total. The molecule has 38 heavy (non-hydrogen) atoms. The zero-order chi connectivity index (χ0) is 27.3. The predicted octanol–water partition coefficient (Wildman–Crippen LogP) is 3.35. The maximum absolute atomic E-state index is 12.9. The van der Waals surface area contributed by atoms with Crippen molar-refractivity contribution >= 4 is 27.6 Å². The average molecular weight is 535 g/mol. The molecule has 196 valence electrons. The van der Waals surface area contributed by atoms with Gasteiger partial charge in [-0.25, -0.2) is 13.2 Å². The van der Waals surface area contributed by atoms with E-state index in [0.717, 1.165) is 21.9 Å². The number of nitrogens with zero attached hydrogens (tertiary/aromatic N) is 2. The first-order valence-electron chi connectivity index (χ1n) is 11.6. The SMILES string of the molecule is COc1cc(S(=O)(=O)Nc2cccc(C)c2)ccc1N=Cc1c(O)n(CCc2ccccc2)c(=O)[nH]c1=O. The summed E-state index contributed by atoms with van der Waals surface area (Å²) in [6.45, 7) is 1.99. The average Bonchev–Trinajstić information content (AvgIpc) is 2.88. The fourth-order valence-corrected chi connectivity index (χ4v) is 4.84. The van der Waals surface area contributed by atoms with Gasteiger partial charge in [-0.15, -0.1) is 0 Å². The molecule has 0 radical (unpaired) electrons. The minimum Gasteiger partial charge on any atom is -0.494 e. The van der Waals surface area contributed by atoms with Crippen molar-refractivity contribution in [3.05, 3.63) is 110 Å². The summed E-state index contributed by atoms with van der Waals surface area (Å²) in [4.78, 5) is 31.1. The van der Waals surface area contributed by atoms with Crippen LogP contribution in [0.2, 0.25) is 0 Å². The highest BCUT2D eigenvalue weighted by Crippen LogP contribution is 2.31. The molecule has 0 saturated carbocycles.